The lowest BCUT2D eigenvalue weighted by Crippen LogP contribution is -2.31. The Bertz CT molecular complexity index is 617. The lowest BCUT2D eigenvalue weighted by molar-refractivity contribution is 0.0963. The average Bonchev–Trinajstić information content (AvgIpc) is 3.21. The number of benzene rings is 1. The van der Waals surface area contributed by atoms with Crippen LogP contribution in [0.1, 0.15) is 12.8 Å². The Hall–Kier alpha value is -1.54. The molecule has 3 aliphatic rings. The number of cyclic esters (lactones) is 1. The number of thioether (sulfide) groups is 1. The molecule has 0 saturated carbocycles. The lowest BCUT2D eigenvalue weighted by Gasteiger charge is -2.25. The number of aliphatic hydroxyl groups excluding tert-OH is 1. The Morgan fingerprint density at radius 1 is 1.30 bits per heavy atom. The van der Waals surface area contributed by atoms with E-state index >= 15 is 0 Å². The van der Waals surface area contributed by atoms with Gasteiger partial charge in [0, 0.05) is 23.9 Å². The summed E-state index contributed by atoms with van der Waals surface area (Å²) in [5.74, 6) is -0.443. The molecule has 0 radical (unpaired) electrons. The third kappa shape index (κ3) is 2.35. The van der Waals surface area contributed by atoms with Crippen LogP contribution in [0.2, 0.25) is 0 Å². The standard InChI is InChI=1S/C15H16F2N2O3S/c16-11-3-9(18-5-10(6-20)22-15(18)21)4-12(17)14(11)19-8-1-2-13(19)23-7-8/h3-4,8,10,13,20H,1-2,5-7H2/t8?,10-,13?/m1/s1. The number of ether oxygens (including phenoxy) is 1. The van der Waals surface area contributed by atoms with Crippen LogP contribution in [0.3, 0.4) is 0 Å². The maximum Gasteiger partial charge on any atom is 0.414 e. The van der Waals surface area contributed by atoms with Gasteiger partial charge in [-0.15, -0.1) is 11.8 Å². The van der Waals surface area contributed by atoms with Crippen molar-refractivity contribution in [1.29, 1.82) is 0 Å². The summed E-state index contributed by atoms with van der Waals surface area (Å²) in [7, 11) is 0. The largest absolute Gasteiger partial charge is 0.441 e. The summed E-state index contributed by atoms with van der Waals surface area (Å²) in [5, 5.41) is 9.18. The molecule has 0 aliphatic carbocycles. The molecule has 3 fully saturated rings. The second-order valence-corrected chi connectivity index (χ2v) is 7.19. The number of amides is 1. The molecule has 1 aromatic carbocycles. The Morgan fingerprint density at radius 2 is 2.04 bits per heavy atom. The lowest BCUT2D eigenvalue weighted by atomic mass is 10.2. The van der Waals surface area contributed by atoms with E-state index in [1.165, 1.54) is 12.1 Å². The summed E-state index contributed by atoms with van der Waals surface area (Å²) < 4.78 is 34.1. The van der Waals surface area contributed by atoms with E-state index in [0.717, 1.165) is 23.5 Å². The van der Waals surface area contributed by atoms with Gasteiger partial charge in [0.15, 0.2) is 11.6 Å². The van der Waals surface area contributed by atoms with E-state index in [4.69, 9.17) is 9.84 Å². The van der Waals surface area contributed by atoms with Crippen LogP contribution in [0.5, 0.6) is 0 Å². The smallest absolute Gasteiger partial charge is 0.414 e. The van der Waals surface area contributed by atoms with Crippen LogP contribution in [0.25, 0.3) is 0 Å². The molecule has 1 amide bonds. The van der Waals surface area contributed by atoms with E-state index in [0.29, 0.717) is 0 Å². The number of fused-ring (bicyclic) bond motifs is 2. The van der Waals surface area contributed by atoms with Crippen molar-refractivity contribution in [2.75, 3.05) is 28.7 Å². The van der Waals surface area contributed by atoms with Gasteiger partial charge in [-0.1, -0.05) is 0 Å². The van der Waals surface area contributed by atoms with Crippen LogP contribution in [0, 0.1) is 11.6 Å². The number of carbonyl (C=O) groups is 1. The van der Waals surface area contributed by atoms with Crippen LogP contribution < -0.4 is 9.80 Å². The predicted molar refractivity (Wildman–Crippen MR) is 82.8 cm³/mol. The number of halogens is 2. The molecule has 124 valence electrons. The summed E-state index contributed by atoms with van der Waals surface area (Å²) in [6, 6.07) is 2.51. The molecule has 8 heteroatoms. The van der Waals surface area contributed by atoms with Gasteiger partial charge >= 0.3 is 6.09 Å². The van der Waals surface area contributed by atoms with Gasteiger partial charge in [0.2, 0.25) is 0 Å². The number of carbonyl (C=O) groups excluding carboxylic acids is 1. The van der Waals surface area contributed by atoms with E-state index in [2.05, 4.69) is 0 Å². The first kappa shape index (κ1) is 15.0. The van der Waals surface area contributed by atoms with Crippen LogP contribution in [0.15, 0.2) is 12.1 Å². The number of hydrogen-bond donors (Lipinski definition) is 1. The van der Waals surface area contributed by atoms with Gasteiger partial charge in [0.05, 0.1) is 24.2 Å². The fourth-order valence-electron chi connectivity index (χ4n) is 3.51. The summed E-state index contributed by atoms with van der Waals surface area (Å²) in [6.45, 7) is -0.238. The fourth-order valence-corrected chi connectivity index (χ4v) is 5.02. The minimum atomic E-state index is -0.701. The SMILES string of the molecule is O=C1O[C@@H](CO)CN1c1cc(F)c(N2C3CCC2SC3)c(F)c1. The summed E-state index contributed by atoms with van der Waals surface area (Å²) in [4.78, 5) is 14.7. The highest BCUT2D eigenvalue weighted by atomic mass is 32.2. The molecule has 0 aromatic heterocycles. The first-order valence-electron chi connectivity index (χ1n) is 7.56. The van der Waals surface area contributed by atoms with Crippen molar-refractivity contribution in [3.8, 4) is 0 Å². The molecule has 3 heterocycles. The second kappa shape index (κ2) is 5.52. The number of nitrogens with zero attached hydrogens (tertiary/aromatic N) is 2. The maximum absolute atomic E-state index is 14.6. The molecule has 23 heavy (non-hydrogen) atoms. The van der Waals surface area contributed by atoms with Crippen molar-refractivity contribution in [1.82, 2.24) is 0 Å². The van der Waals surface area contributed by atoms with Crippen LogP contribution >= 0.6 is 11.8 Å². The highest BCUT2D eigenvalue weighted by Gasteiger charge is 2.43. The van der Waals surface area contributed by atoms with E-state index in [1.807, 2.05) is 4.90 Å². The number of anilines is 2. The van der Waals surface area contributed by atoms with Crippen molar-refractivity contribution in [3.63, 3.8) is 0 Å². The molecule has 2 bridgehead atoms. The molecular weight excluding hydrogens is 326 g/mol. The van der Waals surface area contributed by atoms with Crippen molar-refractivity contribution < 1.29 is 23.4 Å². The maximum atomic E-state index is 14.6. The topological polar surface area (TPSA) is 53.0 Å². The average molecular weight is 342 g/mol. The van der Waals surface area contributed by atoms with Gasteiger partial charge in [-0.3, -0.25) is 4.90 Å². The third-order valence-electron chi connectivity index (χ3n) is 4.58. The molecule has 0 spiro atoms. The first-order chi connectivity index (χ1) is 11.1. The van der Waals surface area contributed by atoms with Crippen LogP contribution in [-0.4, -0.2) is 47.6 Å². The van der Waals surface area contributed by atoms with Crippen LogP contribution in [-0.2, 0) is 4.74 Å². The fraction of sp³-hybridized carbons (Fsp3) is 0.533. The second-order valence-electron chi connectivity index (χ2n) is 5.98. The number of aliphatic hydroxyl groups is 1. The normalized spacial score (nSPS) is 29.5. The quantitative estimate of drug-likeness (QED) is 0.914. The number of rotatable bonds is 3. The minimum Gasteiger partial charge on any atom is -0.441 e. The summed E-state index contributed by atoms with van der Waals surface area (Å²) in [6.07, 6.45) is 0.521. The summed E-state index contributed by atoms with van der Waals surface area (Å²) in [5.41, 5.74) is 0.112. The Kier molecular flexibility index (Phi) is 3.60. The van der Waals surface area contributed by atoms with Crippen molar-refractivity contribution in [2.24, 2.45) is 0 Å². The molecule has 4 rings (SSSR count). The molecule has 3 atom stereocenters. The van der Waals surface area contributed by atoms with Gasteiger partial charge in [-0.05, 0) is 12.8 Å². The molecule has 3 aliphatic heterocycles. The third-order valence-corrected chi connectivity index (χ3v) is 6.01. The molecule has 5 nitrogen and oxygen atoms in total. The molecule has 2 unspecified atom stereocenters. The van der Waals surface area contributed by atoms with Gasteiger partial charge in [0.1, 0.15) is 11.8 Å². The van der Waals surface area contributed by atoms with Crippen molar-refractivity contribution >= 4 is 29.2 Å². The van der Waals surface area contributed by atoms with Gasteiger partial charge in [-0.2, -0.15) is 0 Å². The number of hydrogen-bond acceptors (Lipinski definition) is 5. The Morgan fingerprint density at radius 3 is 2.52 bits per heavy atom. The Balaban J connectivity index is 1.66. The Labute approximate surface area is 136 Å². The minimum absolute atomic E-state index is 0.00229. The van der Waals surface area contributed by atoms with E-state index in [9.17, 15) is 13.6 Å². The molecule has 3 saturated heterocycles. The molecular formula is C15H16F2N2O3S. The zero-order valence-corrected chi connectivity index (χ0v) is 13.1. The van der Waals surface area contributed by atoms with E-state index < -0.39 is 23.8 Å². The van der Waals surface area contributed by atoms with Gasteiger partial charge in [-0.25, -0.2) is 13.6 Å². The van der Waals surface area contributed by atoms with Crippen LogP contribution in [0.4, 0.5) is 25.0 Å². The van der Waals surface area contributed by atoms with Crippen molar-refractivity contribution in [2.45, 2.75) is 30.4 Å². The monoisotopic (exact) mass is 342 g/mol. The highest BCUT2D eigenvalue weighted by molar-refractivity contribution is 8.00. The zero-order valence-electron chi connectivity index (χ0n) is 12.2. The van der Waals surface area contributed by atoms with Gasteiger partial charge < -0.3 is 14.7 Å². The first-order valence-corrected chi connectivity index (χ1v) is 8.61. The highest BCUT2D eigenvalue weighted by Crippen LogP contribution is 2.46. The van der Waals surface area contributed by atoms with Gasteiger partial charge in [0.25, 0.3) is 0 Å². The van der Waals surface area contributed by atoms with E-state index in [1.54, 1.807) is 11.8 Å². The summed E-state index contributed by atoms with van der Waals surface area (Å²) >= 11 is 1.73. The molecule has 1 N–H and O–H groups in total. The van der Waals surface area contributed by atoms with Crippen molar-refractivity contribution in [3.05, 3.63) is 23.8 Å². The van der Waals surface area contributed by atoms with E-state index in [-0.39, 0.29) is 35.9 Å². The predicted octanol–water partition coefficient (Wildman–Crippen LogP) is 2.32. The zero-order chi connectivity index (χ0) is 16.1. The molecule has 1 aromatic rings.